The Morgan fingerprint density at radius 1 is 0.862 bits per heavy atom. The van der Waals surface area contributed by atoms with Crippen LogP contribution in [0.5, 0.6) is 17.2 Å². The van der Waals surface area contributed by atoms with Gasteiger partial charge >= 0.3 is 5.97 Å². The molecule has 5 nitrogen and oxygen atoms in total. The SMILES string of the molecule is COc1cc(CC(=O)OCc2c(C)cc(C(C)(C)C)cc2C)cc(OC)c1OC. The summed E-state index contributed by atoms with van der Waals surface area (Å²) in [5.41, 5.74) is 5.42. The highest BCUT2D eigenvalue weighted by molar-refractivity contribution is 5.73. The van der Waals surface area contributed by atoms with Crippen molar-refractivity contribution in [1.82, 2.24) is 0 Å². The van der Waals surface area contributed by atoms with E-state index in [9.17, 15) is 4.79 Å². The van der Waals surface area contributed by atoms with Crippen LogP contribution in [0, 0.1) is 13.8 Å². The van der Waals surface area contributed by atoms with Crippen LogP contribution in [-0.4, -0.2) is 27.3 Å². The van der Waals surface area contributed by atoms with Crippen molar-refractivity contribution in [1.29, 1.82) is 0 Å². The van der Waals surface area contributed by atoms with E-state index in [4.69, 9.17) is 18.9 Å². The fourth-order valence-corrected chi connectivity index (χ4v) is 3.26. The predicted octanol–water partition coefficient (Wildman–Crippen LogP) is 4.91. The van der Waals surface area contributed by atoms with Crippen molar-refractivity contribution in [2.45, 2.75) is 53.1 Å². The second-order valence-corrected chi connectivity index (χ2v) is 8.21. The third-order valence-electron chi connectivity index (χ3n) is 5.01. The van der Waals surface area contributed by atoms with E-state index in [1.165, 1.54) is 5.56 Å². The Kier molecular flexibility index (Phi) is 7.17. The van der Waals surface area contributed by atoms with Crippen LogP contribution in [0.25, 0.3) is 0 Å². The van der Waals surface area contributed by atoms with Crippen molar-refractivity contribution < 1.29 is 23.7 Å². The highest BCUT2D eigenvalue weighted by Gasteiger charge is 2.18. The number of rotatable bonds is 7. The van der Waals surface area contributed by atoms with E-state index >= 15 is 0 Å². The van der Waals surface area contributed by atoms with Gasteiger partial charge in [0, 0.05) is 0 Å². The maximum Gasteiger partial charge on any atom is 0.310 e. The van der Waals surface area contributed by atoms with Gasteiger partial charge in [0.25, 0.3) is 0 Å². The van der Waals surface area contributed by atoms with Gasteiger partial charge in [-0.25, -0.2) is 0 Å². The molecular weight excluding hydrogens is 368 g/mol. The van der Waals surface area contributed by atoms with E-state index in [0.717, 1.165) is 22.3 Å². The molecule has 0 aromatic heterocycles. The van der Waals surface area contributed by atoms with Crippen LogP contribution in [0.3, 0.4) is 0 Å². The van der Waals surface area contributed by atoms with Gasteiger partial charge in [0.15, 0.2) is 11.5 Å². The number of ether oxygens (including phenoxy) is 4. The summed E-state index contributed by atoms with van der Waals surface area (Å²) in [7, 11) is 4.64. The molecule has 0 amide bonds. The molecule has 0 aliphatic carbocycles. The summed E-state index contributed by atoms with van der Waals surface area (Å²) >= 11 is 0. The molecule has 0 atom stereocenters. The number of hydrogen-bond donors (Lipinski definition) is 0. The largest absolute Gasteiger partial charge is 0.493 e. The van der Waals surface area contributed by atoms with E-state index in [2.05, 4.69) is 46.8 Å². The normalized spacial score (nSPS) is 11.2. The number of carbonyl (C=O) groups is 1. The van der Waals surface area contributed by atoms with E-state index in [1.807, 2.05) is 0 Å². The van der Waals surface area contributed by atoms with Crippen molar-refractivity contribution in [3.05, 3.63) is 52.1 Å². The minimum Gasteiger partial charge on any atom is -0.493 e. The molecule has 0 radical (unpaired) electrons. The van der Waals surface area contributed by atoms with E-state index in [0.29, 0.717) is 17.2 Å². The Hall–Kier alpha value is -2.69. The van der Waals surface area contributed by atoms with E-state index in [-0.39, 0.29) is 24.4 Å². The van der Waals surface area contributed by atoms with Crippen molar-refractivity contribution >= 4 is 5.97 Å². The molecular formula is C24H32O5. The number of aryl methyl sites for hydroxylation is 2. The molecule has 158 valence electrons. The zero-order valence-electron chi connectivity index (χ0n) is 18.8. The fraction of sp³-hybridized carbons (Fsp3) is 0.458. The van der Waals surface area contributed by atoms with Crippen LogP contribution < -0.4 is 14.2 Å². The molecule has 29 heavy (non-hydrogen) atoms. The number of hydrogen-bond acceptors (Lipinski definition) is 5. The maximum absolute atomic E-state index is 12.5. The number of methoxy groups -OCH3 is 3. The van der Waals surface area contributed by atoms with Gasteiger partial charge in [-0.05, 0) is 59.2 Å². The molecule has 0 saturated carbocycles. The van der Waals surface area contributed by atoms with Gasteiger partial charge < -0.3 is 18.9 Å². The minimum atomic E-state index is -0.307. The van der Waals surface area contributed by atoms with Crippen LogP contribution in [0.15, 0.2) is 24.3 Å². The first-order valence-corrected chi connectivity index (χ1v) is 9.65. The predicted molar refractivity (Wildman–Crippen MR) is 114 cm³/mol. The first-order chi connectivity index (χ1) is 13.6. The molecule has 0 fully saturated rings. The number of carbonyl (C=O) groups excluding carboxylic acids is 1. The Balaban J connectivity index is 2.13. The van der Waals surface area contributed by atoms with Crippen molar-refractivity contribution in [2.75, 3.05) is 21.3 Å². The number of esters is 1. The van der Waals surface area contributed by atoms with Gasteiger partial charge in [-0.3, -0.25) is 4.79 Å². The topological polar surface area (TPSA) is 54.0 Å². The standard InChI is InChI=1S/C24H32O5/c1-15-9-18(24(3,4)5)10-16(2)19(15)14-29-22(25)13-17-11-20(26-6)23(28-8)21(12-17)27-7/h9-12H,13-14H2,1-8H3. The lowest BCUT2D eigenvalue weighted by atomic mass is 9.84. The lowest BCUT2D eigenvalue weighted by Gasteiger charge is -2.22. The Morgan fingerprint density at radius 3 is 1.79 bits per heavy atom. The lowest BCUT2D eigenvalue weighted by molar-refractivity contribution is -0.144. The van der Waals surface area contributed by atoms with Crippen LogP contribution >= 0.6 is 0 Å². The van der Waals surface area contributed by atoms with Crippen molar-refractivity contribution in [2.24, 2.45) is 0 Å². The highest BCUT2D eigenvalue weighted by Crippen LogP contribution is 2.38. The molecule has 0 unspecified atom stereocenters. The first kappa shape index (κ1) is 22.6. The molecule has 0 heterocycles. The van der Waals surface area contributed by atoms with Crippen LogP contribution in [0.1, 0.15) is 48.6 Å². The summed E-state index contributed by atoms with van der Waals surface area (Å²) in [5.74, 6) is 1.22. The average Bonchev–Trinajstić information content (AvgIpc) is 2.65. The molecule has 2 aromatic carbocycles. The molecule has 0 aliphatic heterocycles. The van der Waals surface area contributed by atoms with Gasteiger partial charge in [-0.2, -0.15) is 0 Å². The Morgan fingerprint density at radius 2 is 1.38 bits per heavy atom. The second-order valence-electron chi connectivity index (χ2n) is 8.21. The van der Waals surface area contributed by atoms with Gasteiger partial charge in [-0.1, -0.05) is 32.9 Å². The molecule has 2 aromatic rings. The molecule has 0 saturated heterocycles. The highest BCUT2D eigenvalue weighted by atomic mass is 16.5. The van der Waals surface area contributed by atoms with Crippen LogP contribution in [0.2, 0.25) is 0 Å². The molecule has 0 aliphatic rings. The molecule has 2 rings (SSSR count). The monoisotopic (exact) mass is 400 g/mol. The van der Waals surface area contributed by atoms with Crippen molar-refractivity contribution in [3.63, 3.8) is 0 Å². The average molecular weight is 401 g/mol. The molecule has 0 spiro atoms. The lowest BCUT2D eigenvalue weighted by Crippen LogP contribution is -2.14. The first-order valence-electron chi connectivity index (χ1n) is 9.65. The zero-order valence-corrected chi connectivity index (χ0v) is 18.8. The number of benzene rings is 2. The molecule has 0 N–H and O–H groups in total. The van der Waals surface area contributed by atoms with Crippen LogP contribution in [-0.2, 0) is 28.0 Å². The van der Waals surface area contributed by atoms with E-state index < -0.39 is 0 Å². The van der Waals surface area contributed by atoms with Gasteiger partial charge in [0.05, 0.1) is 27.8 Å². The maximum atomic E-state index is 12.5. The Labute approximate surface area is 173 Å². The second kappa shape index (κ2) is 9.21. The van der Waals surface area contributed by atoms with Gasteiger partial charge in [0.2, 0.25) is 5.75 Å². The zero-order chi connectivity index (χ0) is 21.8. The quantitative estimate of drug-likeness (QED) is 0.618. The smallest absolute Gasteiger partial charge is 0.310 e. The Bertz CT molecular complexity index is 829. The molecule has 5 heteroatoms. The summed E-state index contributed by atoms with van der Waals surface area (Å²) in [6.07, 6.45) is 0.120. The summed E-state index contributed by atoms with van der Waals surface area (Å²) in [6.45, 7) is 11.0. The summed E-state index contributed by atoms with van der Waals surface area (Å²) in [4.78, 5) is 12.5. The van der Waals surface area contributed by atoms with Crippen molar-refractivity contribution in [3.8, 4) is 17.2 Å². The minimum absolute atomic E-state index is 0.0806. The summed E-state index contributed by atoms with van der Waals surface area (Å²) in [6, 6.07) is 7.87. The fourth-order valence-electron chi connectivity index (χ4n) is 3.26. The summed E-state index contributed by atoms with van der Waals surface area (Å²) < 4.78 is 21.6. The van der Waals surface area contributed by atoms with Gasteiger partial charge in [-0.15, -0.1) is 0 Å². The van der Waals surface area contributed by atoms with E-state index in [1.54, 1.807) is 33.5 Å². The third kappa shape index (κ3) is 5.43. The van der Waals surface area contributed by atoms with Gasteiger partial charge in [0.1, 0.15) is 6.61 Å². The summed E-state index contributed by atoms with van der Waals surface area (Å²) in [5, 5.41) is 0. The molecule has 0 bridgehead atoms. The third-order valence-corrected chi connectivity index (χ3v) is 5.01. The van der Waals surface area contributed by atoms with Crippen LogP contribution in [0.4, 0.5) is 0 Å².